The molecule has 4 rings (SSSR count). The minimum Gasteiger partial charge on any atom is -0.490 e. The largest absolute Gasteiger partial charge is 0.490 e. The van der Waals surface area contributed by atoms with Gasteiger partial charge in [0.1, 0.15) is 0 Å². The molecule has 0 radical (unpaired) electrons. The van der Waals surface area contributed by atoms with Gasteiger partial charge in [0.25, 0.3) is 0 Å². The van der Waals surface area contributed by atoms with Crippen LogP contribution in [0.4, 0.5) is 0 Å². The summed E-state index contributed by atoms with van der Waals surface area (Å²) in [5.74, 6) is 1.80. The lowest BCUT2D eigenvalue weighted by atomic mass is 9.78. The Morgan fingerprint density at radius 3 is 0.807 bits per heavy atom. The highest BCUT2D eigenvalue weighted by Gasteiger charge is 2.29. The summed E-state index contributed by atoms with van der Waals surface area (Å²) < 4.78 is 23.8. The van der Waals surface area contributed by atoms with Crippen LogP contribution in [0.2, 0.25) is 40.2 Å². The highest BCUT2D eigenvalue weighted by molar-refractivity contribution is 6.39. The minimum atomic E-state index is -0.529. The number of allylic oxidation sites excluding steroid dienone is 2. The maximum Gasteiger partial charge on any atom is 0.156 e. The molecule has 0 amide bonds. The summed E-state index contributed by atoms with van der Waals surface area (Å²) in [5.41, 5.74) is 2.48. The number of halogens is 8. The molecule has 0 N–H and O–H groups in total. The van der Waals surface area contributed by atoms with Gasteiger partial charge >= 0.3 is 0 Å². The number of benzene rings is 4. The van der Waals surface area contributed by atoms with Crippen LogP contribution in [0, 0.1) is 0 Å². The molecule has 0 bridgehead atoms. The molecule has 0 aliphatic rings. The molecule has 4 aromatic rings. The van der Waals surface area contributed by atoms with E-state index in [9.17, 15) is 0 Å². The molecule has 308 valence electrons. The fourth-order valence-electron chi connectivity index (χ4n) is 6.10. The lowest BCUT2D eigenvalue weighted by Crippen LogP contribution is -2.19. The van der Waals surface area contributed by atoms with Gasteiger partial charge in [-0.2, -0.15) is 0 Å². The molecule has 4 nitrogen and oxygen atoms in total. The van der Waals surface area contributed by atoms with Crippen LogP contribution in [0.25, 0.3) is 0 Å². The van der Waals surface area contributed by atoms with Gasteiger partial charge in [0.15, 0.2) is 23.0 Å². The van der Waals surface area contributed by atoms with E-state index in [1.165, 1.54) is 0 Å². The minimum absolute atomic E-state index is 0.413. The molecule has 57 heavy (non-hydrogen) atoms. The van der Waals surface area contributed by atoms with Crippen LogP contribution in [0.3, 0.4) is 0 Å². The van der Waals surface area contributed by atoms with Gasteiger partial charge in [-0.3, -0.25) is 0 Å². The second kappa shape index (κ2) is 21.9. The van der Waals surface area contributed by atoms with Crippen molar-refractivity contribution in [1.29, 1.82) is 0 Å². The average Bonchev–Trinajstić information content (AvgIpc) is 3.14. The van der Waals surface area contributed by atoms with Crippen molar-refractivity contribution >= 4 is 92.8 Å². The van der Waals surface area contributed by atoms with Crippen LogP contribution in [0.5, 0.6) is 23.0 Å². The second-order valence-corrected chi connectivity index (χ2v) is 17.9. The standard InChI is InChI=1S/C45H48Cl8O4/c1-7-9-12-16-54-40-32(46)20-28(21-33(40)47)44(3,4)30-24-36(50)42(37(51)25-30)56-18-14-11-15-19-57-43-38(52)26-31(27-39(43)53)45(5,6)29-22-34(48)41(35(49)23-29)55-17-13-10-8-2/h7-8,20-27H,1-2,9-19H2,3-6H3. The Hall–Kier alpha value is -2.12. The first kappa shape index (κ1) is 47.6. The van der Waals surface area contributed by atoms with Crippen LogP contribution in [0.1, 0.15) is 94.9 Å². The zero-order valence-corrected chi connectivity index (χ0v) is 38.7. The Morgan fingerprint density at radius 2 is 0.596 bits per heavy atom. The van der Waals surface area contributed by atoms with Gasteiger partial charge in [-0.25, -0.2) is 0 Å². The molecule has 0 spiro atoms. The van der Waals surface area contributed by atoms with Crippen LogP contribution in [-0.2, 0) is 10.8 Å². The van der Waals surface area contributed by atoms with Crippen molar-refractivity contribution in [2.75, 3.05) is 26.4 Å². The quantitative estimate of drug-likeness (QED) is 0.0581. The molecule has 0 heterocycles. The van der Waals surface area contributed by atoms with Gasteiger partial charge < -0.3 is 18.9 Å². The van der Waals surface area contributed by atoms with Crippen LogP contribution < -0.4 is 18.9 Å². The van der Waals surface area contributed by atoms with Crippen LogP contribution in [0.15, 0.2) is 73.8 Å². The summed E-state index contributed by atoms with van der Waals surface area (Å²) >= 11 is 53.3. The second-order valence-electron chi connectivity index (χ2n) is 14.6. The van der Waals surface area contributed by atoms with E-state index in [4.69, 9.17) is 112 Å². The van der Waals surface area contributed by atoms with Gasteiger partial charge in [0.05, 0.1) is 66.6 Å². The number of unbranched alkanes of at least 4 members (excludes halogenated alkanes) is 4. The van der Waals surface area contributed by atoms with Crippen LogP contribution >= 0.6 is 92.8 Å². The van der Waals surface area contributed by atoms with E-state index in [2.05, 4.69) is 40.9 Å². The van der Waals surface area contributed by atoms with E-state index in [0.29, 0.717) is 89.6 Å². The van der Waals surface area contributed by atoms with Crippen molar-refractivity contribution < 1.29 is 18.9 Å². The normalized spacial score (nSPS) is 11.7. The van der Waals surface area contributed by atoms with E-state index in [-0.39, 0.29) is 0 Å². The van der Waals surface area contributed by atoms with Crippen LogP contribution in [-0.4, -0.2) is 26.4 Å². The smallest absolute Gasteiger partial charge is 0.156 e. The van der Waals surface area contributed by atoms with E-state index >= 15 is 0 Å². The monoisotopic (exact) mass is 932 g/mol. The average molecular weight is 936 g/mol. The zero-order valence-electron chi connectivity index (χ0n) is 32.6. The third kappa shape index (κ3) is 12.5. The predicted octanol–water partition coefficient (Wildman–Crippen LogP) is 16.9. The Labute approximate surface area is 378 Å². The zero-order chi connectivity index (χ0) is 41.9. The Kier molecular flexibility index (Phi) is 18.3. The molecular formula is C45H48Cl8O4. The molecule has 0 aromatic heterocycles. The lowest BCUT2D eigenvalue weighted by Gasteiger charge is -2.28. The molecule has 0 atom stereocenters. The Balaban J connectivity index is 1.30. The van der Waals surface area contributed by atoms with Gasteiger partial charge in [-0.1, -0.05) is 133 Å². The molecule has 0 fully saturated rings. The van der Waals surface area contributed by atoms with Gasteiger partial charge in [0, 0.05) is 10.8 Å². The summed E-state index contributed by atoms with van der Waals surface area (Å²) in [6, 6.07) is 14.9. The summed E-state index contributed by atoms with van der Waals surface area (Å²) in [6.07, 6.45) is 9.35. The highest BCUT2D eigenvalue weighted by atomic mass is 35.5. The first-order chi connectivity index (χ1) is 27.0. The van der Waals surface area contributed by atoms with Gasteiger partial charge in [-0.05, 0) is 116 Å². The number of rotatable bonds is 22. The highest BCUT2D eigenvalue weighted by Crippen LogP contribution is 2.46. The Morgan fingerprint density at radius 1 is 0.386 bits per heavy atom. The molecule has 12 heteroatoms. The van der Waals surface area contributed by atoms with Crippen molar-refractivity contribution in [3.63, 3.8) is 0 Å². The van der Waals surface area contributed by atoms with Gasteiger partial charge in [-0.15, -0.1) is 13.2 Å². The Bertz CT molecular complexity index is 1790. The molecule has 0 aliphatic heterocycles. The van der Waals surface area contributed by atoms with Gasteiger partial charge in [0.2, 0.25) is 0 Å². The fourth-order valence-corrected chi connectivity index (χ4v) is 8.49. The number of hydrogen-bond acceptors (Lipinski definition) is 4. The van der Waals surface area contributed by atoms with E-state index in [1.54, 1.807) is 0 Å². The molecule has 0 saturated carbocycles. The third-order valence-electron chi connectivity index (χ3n) is 9.76. The fraction of sp³-hybridized carbons (Fsp3) is 0.378. The molecular weight excluding hydrogens is 888 g/mol. The first-order valence-corrected chi connectivity index (χ1v) is 21.8. The molecule has 4 aromatic carbocycles. The van der Waals surface area contributed by atoms with Crippen molar-refractivity contribution in [2.45, 2.75) is 83.5 Å². The molecule has 0 aliphatic carbocycles. The predicted molar refractivity (Wildman–Crippen MR) is 245 cm³/mol. The lowest BCUT2D eigenvalue weighted by molar-refractivity contribution is 0.279. The number of ether oxygens (including phenoxy) is 4. The van der Waals surface area contributed by atoms with Crippen molar-refractivity contribution in [3.8, 4) is 23.0 Å². The number of hydrogen-bond donors (Lipinski definition) is 0. The maximum absolute atomic E-state index is 6.73. The summed E-state index contributed by atoms with van der Waals surface area (Å²) in [6.45, 7) is 17.5. The third-order valence-corrected chi connectivity index (χ3v) is 12.0. The topological polar surface area (TPSA) is 36.9 Å². The van der Waals surface area contributed by atoms with Crippen molar-refractivity contribution in [3.05, 3.63) is 136 Å². The van der Waals surface area contributed by atoms with E-state index in [0.717, 1.165) is 67.2 Å². The first-order valence-electron chi connectivity index (χ1n) is 18.7. The maximum atomic E-state index is 6.73. The summed E-state index contributed by atoms with van der Waals surface area (Å²) in [5, 5.41) is 3.40. The summed E-state index contributed by atoms with van der Waals surface area (Å²) in [4.78, 5) is 0. The van der Waals surface area contributed by atoms with E-state index < -0.39 is 10.8 Å². The summed E-state index contributed by atoms with van der Waals surface area (Å²) in [7, 11) is 0. The van der Waals surface area contributed by atoms with Crippen molar-refractivity contribution in [2.24, 2.45) is 0 Å². The molecule has 0 unspecified atom stereocenters. The van der Waals surface area contributed by atoms with E-state index in [1.807, 2.05) is 60.7 Å². The van der Waals surface area contributed by atoms with Crippen molar-refractivity contribution in [1.82, 2.24) is 0 Å². The molecule has 0 saturated heterocycles. The SMILES string of the molecule is C=CCCCOc1c(Cl)cc(C(C)(C)c2cc(Cl)c(OCCCCCOc3c(Cl)cc(C(C)(C)c4cc(Cl)c(OCCCC=C)c(Cl)c4)cc3Cl)c(Cl)c2)cc1Cl.